The van der Waals surface area contributed by atoms with Gasteiger partial charge in [-0.1, -0.05) is 26.0 Å². The Kier molecular flexibility index (Phi) is 3.21. The molecule has 0 bridgehead atoms. The van der Waals surface area contributed by atoms with Gasteiger partial charge in [0.1, 0.15) is 0 Å². The molecule has 0 radical (unpaired) electrons. The van der Waals surface area contributed by atoms with E-state index in [0.717, 1.165) is 17.2 Å². The first-order chi connectivity index (χ1) is 5.61. The highest BCUT2D eigenvalue weighted by Crippen LogP contribution is 2.19. The van der Waals surface area contributed by atoms with E-state index in [1.165, 1.54) is 11.1 Å². The van der Waals surface area contributed by atoms with Gasteiger partial charge >= 0.3 is 0 Å². The van der Waals surface area contributed by atoms with Crippen molar-refractivity contribution in [1.82, 2.24) is 0 Å². The van der Waals surface area contributed by atoms with Gasteiger partial charge < -0.3 is 0 Å². The van der Waals surface area contributed by atoms with Crippen LogP contribution in [-0.2, 0) is 6.42 Å². The third-order valence-electron chi connectivity index (χ3n) is 2.05. The summed E-state index contributed by atoms with van der Waals surface area (Å²) in [5.41, 5.74) is 2.76. The maximum atomic E-state index is 4.39. The average molecular weight is 180 g/mol. The summed E-state index contributed by atoms with van der Waals surface area (Å²) >= 11 is 4.39. The summed E-state index contributed by atoms with van der Waals surface area (Å²) in [6, 6.07) is 6.31. The second-order valence-electron chi connectivity index (χ2n) is 3.66. The molecular weight excluding hydrogens is 164 g/mol. The minimum atomic E-state index is 0.721. The normalized spacial score (nSPS) is 10.8. The number of hydrogen-bond donors (Lipinski definition) is 1. The fourth-order valence-electron chi connectivity index (χ4n) is 1.33. The molecule has 1 heteroatoms. The molecule has 0 saturated carbocycles. The van der Waals surface area contributed by atoms with Crippen LogP contribution in [-0.4, -0.2) is 0 Å². The highest BCUT2D eigenvalue weighted by Gasteiger charge is 2.02. The zero-order chi connectivity index (χ0) is 9.14. The second kappa shape index (κ2) is 3.99. The van der Waals surface area contributed by atoms with Crippen LogP contribution in [0.5, 0.6) is 0 Å². The van der Waals surface area contributed by atoms with E-state index in [4.69, 9.17) is 0 Å². The largest absolute Gasteiger partial charge is 0.143 e. The van der Waals surface area contributed by atoms with E-state index in [9.17, 15) is 0 Å². The fraction of sp³-hybridized carbons (Fsp3) is 0.455. The molecule has 0 aliphatic heterocycles. The molecule has 1 rings (SSSR count). The Morgan fingerprint density at radius 1 is 1.33 bits per heavy atom. The van der Waals surface area contributed by atoms with Gasteiger partial charge in [-0.15, -0.1) is 12.6 Å². The summed E-state index contributed by atoms with van der Waals surface area (Å²) in [5.74, 6) is 0.721. The molecule has 0 saturated heterocycles. The smallest absolute Gasteiger partial charge is 0.00719 e. The van der Waals surface area contributed by atoms with Crippen LogP contribution in [0.25, 0.3) is 0 Å². The molecule has 0 fully saturated rings. The number of thiol groups is 1. The van der Waals surface area contributed by atoms with Gasteiger partial charge in [-0.3, -0.25) is 0 Å². The molecule has 0 atom stereocenters. The van der Waals surface area contributed by atoms with Gasteiger partial charge in [-0.05, 0) is 36.5 Å². The Labute approximate surface area is 80.4 Å². The van der Waals surface area contributed by atoms with E-state index >= 15 is 0 Å². The molecule has 0 aliphatic rings. The van der Waals surface area contributed by atoms with E-state index in [1.54, 1.807) is 0 Å². The topological polar surface area (TPSA) is 0 Å². The standard InChI is InChI=1S/C11H16S/c1-8(2)7-10-5-4-6-11(12)9(10)3/h4-6,8,12H,7H2,1-3H3. The van der Waals surface area contributed by atoms with Gasteiger partial charge in [-0.25, -0.2) is 0 Å². The molecule has 1 aromatic carbocycles. The van der Waals surface area contributed by atoms with Crippen LogP contribution < -0.4 is 0 Å². The molecule has 0 unspecified atom stereocenters. The predicted octanol–water partition coefficient (Wildman–Crippen LogP) is 3.48. The van der Waals surface area contributed by atoms with Crippen LogP contribution in [0.4, 0.5) is 0 Å². The molecule has 0 heterocycles. The summed E-state index contributed by atoms with van der Waals surface area (Å²) in [7, 11) is 0. The molecule has 0 amide bonds. The SMILES string of the molecule is Cc1c(S)cccc1CC(C)C. The molecule has 0 aliphatic carbocycles. The van der Waals surface area contributed by atoms with Gasteiger partial charge in [0, 0.05) is 4.90 Å². The van der Waals surface area contributed by atoms with E-state index in [1.807, 2.05) is 6.07 Å². The lowest BCUT2D eigenvalue weighted by molar-refractivity contribution is 0.643. The number of rotatable bonds is 2. The summed E-state index contributed by atoms with van der Waals surface area (Å²) in [6.07, 6.45) is 1.15. The Hall–Kier alpha value is -0.430. The molecule has 0 N–H and O–H groups in total. The lowest BCUT2D eigenvalue weighted by atomic mass is 9.99. The van der Waals surface area contributed by atoms with Gasteiger partial charge in [0.25, 0.3) is 0 Å². The van der Waals surface area contributed by atoms with E-state index in [-0.39, 0.29) is 0 Å². The predicted molar refractivity (Wildman–Crippen MR) is 57.0 cm³/mol. The number of benzene rings is 1. The Bertz CT molecular complexity index is 264. The summed E-state index contributed by atoms with van der Waals surface area (Å²) in [5, 5.41) is 0. The van der Waals surface area contributed by atoms with E-state index < -0.39 is 0 Å². The zero-order valence-electron chi connectivity index (χ0n) is 7.96. The molecule has 66 valence electrons. The minimum Gasteiger partial charge on any atom is -0.143 e. The second-order valence-corrected chi connectivity index (χ2v) is 4.14. The lowest BCUT2D eigenvalue weighted by Gasteiger charge is -2.09. The first-order valence-corrected chi connectivity index (χ1v) is 4.83. The van der Waals surface area contributed by atoms with Gasteiger partial charge in [0.05, 0.1) is 0 Å². The third-order valence-corrected chi connectivity index (χ3v) is 2.53. The summed E-state index contributed by atoms with van der Waals surface area (Å²) < 4.78 is 0. The molecule has 0 nitrogen and oxygen atoms in total. The quantitative estimate of drug-likeness (QED) is 0.662. The monoisotopic (exact) mass is 180 g/mol. The Morgan fingerprint density at radius 2 is 2.00 bits per heavy atom. The van der Waals surface area contributed by atoms with Gasteiger partial charge in [0.2, 0.25) is 0 Å². The van der Waals surface area contributed by atoms with Crippen LogP contribution >= 0.6 is 12.6 Å². The van der Waals surface area contributed by atoms with Crippen LogP contribution in [0.1, 0.15) is 25.0 Å². The van der Waals surface area contributed by atoms with E-state index in [2.05, 4.69) is 45.5 Å². The molecule has 0 spiro atoms. The van der Waals surface area contributed by atoms with Crippen LogP contribution in [0.3, 0.4) is 0 Å². The van der Waals surface area contributed by atoms with Crippen molar-refractivity contribution in [2.45, 2.75) is 32.1 Å². The minimum absolute atomic E-state index is 0.721. The molecule has 0 aromatic heterocycles. The molecule has 12 heavy (non-hydrogen) atoms. The number of hydrogen-bond acceptors (Lipinski definition) is 1. The van der Waals surface area contributed by atoms with Crippen molar-refractivity contribution in [3.63, 3.8) is 0 Å². The van der Waals surface area contributed by atoms with Crippen molar-refractivity contribution in [1.29, 1.82) is 0 Å². The van der Waals surface area contributed by atoms with Crippen molar-refractivity contribution in [3.05, 3.63) is 29.3 Å². The van der Waals surface area contributed by atoms with Crippen LogP contribution in [0.2, 0.25) is 0 Å². The van der Waals surface area contributed by atoms with Gasteiger partial charge in [0.15, 0.2) is 0 Å². The van der Waals surface area contributed by atoms with Crippen molar-refractivity contribution >= 4 is 12.6 Å². The van der Waals surface area contributed by atoms with Crippen molar-refractivity contribution < 1.29 is 0 Å². The molecular formula is C11H16S. The zero-order valence-corrected chi connectivity index (χ0v) is 8.86. The Balaban J connectivity index is 2.92. The maximum absolute atomic E-state index is 4.39. The van der Waals surface area contributed by atoms with Crippen LogP contribution in [0, 0.1) is 12.8 Å². The highest BCUT2D eigenvalue weighted by molar-refractivity contribution is 7.80. The summed E-state index contributed by atoms with van der Waals surface area (Å²) in [4.78, 5) is 1.10. The van der Waals surface area contributed by atoms with Gasteiger partial charge in [-0.2, -0.15) is 0 Å². The fourth-order valence-corrected chi connectivity index (χ4v) is 1.56. The average Bonchev–Trinajstić information content (AvgIpc) is 1.98. The lowest BCUT2D eigenvalue weighted by Crippen LogP contribution is -1.96. The molecule has 1 aromatic rings. The highest BCUT2D eigenvalue weighted by atomic mass is 32.1. The third kappa shape index (κ3) is 2.28. The maximum Gasteiger partial charge on any atom is 0.00719 e. The Morgan fingerprint density at radius 3 is 2.58 bits per heavy atom. The first-order valence-electron chi connectivity index (χ1n) is 4.38. The van der Waals surface area contributed by atoms with E-state index in [0.29, 0.717) is 0 Å². The van der Waals surface area contributed by atoms with Crippen molar-refractivity contribution in [2.24, 2.45) is 5.92 Å². The first kappa shape index (κ1) is 9.66. The van der Waals surface area contributed by atoms with Crippen molar-refractivity contribution in [3.8, 4) is 0 Å². The van der Waals surface area contributed by atoms with Crippen LogP contribution in [0.15, 0.2) is 23.1 Å². The summed E-state index contributed by atoms with van der Waals surface area (Å²) in [6.45, 7) is 6.62. The van der Waals surface area contributed by atoms with Crippen molar-refractivity contribution in [2.75, 3.05) is 0 Å².